The van der Waals surface area contributed by atoms with Crippen LogP contribution < -0.4 is 20.7 Å². The van der Waals surface area contributed by atoms with E-state index in [9.17, 15) is 29.5 Å². The van der Waals surface area contributed by atoms with Crippen LogP contribution in [0.15, 0.2) is 76.7 Å². The molecule has 0 spiro atoms. The number of nitrogens with one attached hydrogen (secondary N) is 3. The van der Waals surface area contributed by atoms with Crippen LogP contribution in [0.2, 0.25) is 0 Å². The van der Waals surface area contributed by atoms with Crippen molar-refractivity contribution < 1.29 is 33.8 Å². The molecule has 7 rings (SSSR count). The normalized spacial score (nSPS) is 21.1. The maximum Gasteiger partial charge on any atom is 0.251 e. The molecule has 2 saturated carbocycles. The average molecular weight is 1020 g/mol. The quantitative estimate of drug-likeness (QED) is 0.0635. The summed E-state index contributed by atoms with van der Waals surface area (Å²) in [6, 6.07) is 20.9. The maximum absolute atomic E-state index is 14.1. The highest BCUT2D eigenvalue weighted by Crippen LogP contribution is 2.56. The van der Waals surface area contributed by atoms with E-state index in [1.807, 2.05) is 69.6 Å². The highest BCUT2D eigenvalue weighted by molar-refractivity contribution is 9.10. The van der Waals surface area contributed by atoms with E-state index in [0.717, 1.165) is 46.5 Å². The summed E-state index contributed by atoms with van der Waals surface area (Å²) in [6.45, 7) is 16.0. The monoisotopic (exact) mass is 1020 g/mol. The van der Waals surface area contributed by atoms with E-state index in [4.69, 9.17) is 9.47 Å². The minimum atomic E-state index is -0.953. The molecule has 3 atom stereocenters. The second kappa shape index (κ2) is 20.8. The van der Waals surface area contributed by atoms with Crippen LogP contribution in [0.1, 0.15) is 120 Å². The zero-order valence-corrected chi connectivity index (χ0v) is 43.1. The SMILES string of the molecule is Cc1ncsc1-c1ccc(C2(NC(=O)[C@H]3C[C@@H](O)CN3C(=O)[C@@H](NC(=O)COCCCCC#Cc3ccc(C(=O)NC4C(C)(C)C(Oc5ccc(C#N)c(Br)c5)C4(C)C)cc3)C(C)(C)C)CC2)cc1. The van der Waals surface area contributed by atoms with E-state index < -0.39 is 41.0 Å². The predicted molar refractivity (Wildman–Crippen MR) is 269 cm³/mol. The van der Waals surface area contributed by atoms with Crippen molar-refractivity contribution in [2.45, 2.75) is 130 Å². The maximum atomic E-state index is 14.1. The summed E-state index contributed by atoms with van der Waals surface area (Å²) in [5, 5.41) is 29.3. The van der Waals surface area contributed by atoms with Gasteiger partial charge in [0, 0.05) is 58.5 Å². The first-order chi connectivity index (χ1) is 32.6. The molecular weight excluding hydrogens is 957 g/mol. The summed E-state index contributed by atoms with van der Waals surface area (Å²) < 4.78 is 12.8. The van der Waals surface area contributed by atoms with Crippen molar-refractivity contribution in [3.05, 3.63) is 105 Å². The Morgan fingerprint density at radius 2 is 1.70 bits per heavy atom. The Hall–Kier alpha value is -5.58. The number of hydrogen-bond donors (Lipinski definition) is 4. The third-order valence-corrected chi connectivity index (χ3v) is 15.4. The molecule has 1 saturated heterocycles. The number of benzene rings is 3. The van der Waals surface area contributed by atoms with E-state index in [2.05, 4.69) is 82.5 Å². The first kappa shape index (κ1) is 51.3. The number of halogens is 1. The number of carbonyl (C=O) groups is 4. The van der Waals surface area contributed by atoms with Gasteiger partial charge in [0.1, 0.15) is 36.6 Å². The molecule has 3 aromatic carbocycles. The number of ether oxygens (including phenoxy) is 2. The van der Waals surface area contributed by atoms with Crippen molar-refractivity contribution in [1.82, 2.24) is 25.8 Å². The van der Waals surface area contributed by atoms with E-state index in [1.165, 1.54) is 4.90 Å². The van der Waals surface area contributed by atoms with Crippen LogP contribution in [0.25, 0.3) is 10.4 Å². The lowest BCUT2D eigenvalue weighted by Gasteiger charge is -2.63. The molecule has 364 valence electrons. The summed E-state index contributed by atoms with van der Waals surface area (Å²) >= 11 is 5.02. The average Bonchev–Trinajstić information content (AvgIpc) is 3.77. The van der Waals surface area contributed by atoms with Crippen LogP contribution in [0.3, 0.4) is 0 Å². The highest BCUT2D eigenvalue weighted by atomic mass is 79.9. The molecule has 3 aliphatic rings. The third-order valence-electron chi connectivity index (χ3n) is 13.7. The van der Waals surface area contributed by atoms with Gasteiger partial charge in [-0.1, -0.05) is 84.6 Å². The van der Waals surface area contributed by atoms with Crippen molar-refractivity contribution in [2.24, 2.45) is 16.2 Å². The Labute approximate surface area is 418 Å². The van der Waals surface area contributed by atoms with E-state index in [0.29, 0.717) is 40.8 Å². The summed E-state index contributed by atoms with van der Waals surface area (Å²) in [6.07, 6.45) is 2.65. The standard InChI is InChI=1S/C54H63BrN6O7S/c1-33-44(69-32-57-33)35-18-21-38(22-19-35)54(24-25-54)60-47(65)42-27-39(62)30-61(42)48(66)45(51(2,3)4)58-43(63)31-67-26-12-10-9-11-13-34-14-16-36(17-15-34)46(64)59-49-52(5,6)50(53(49,7)8)68-40-23-20-37(29-56)41(55)28-40/h14-23,28,32,39,42,45,49-50,62H,9-10,12,24-27,30-31H2,1-8H3,(H,58,63)(H,59,64)(H,60,65)/t39-,42-,45-,49?,50?/m1/s1. The molecule has 15 heteroatoms. The van der Waals surface area contributed by atoms with Gasteiger partial charge in [0.2, 0.25) is 17.7 Å². The number of aliphatic hydroxyl groups is 1. The lowest BCUT2D eigenvalue weighted by molar-refractivity contribution is -0.164. The lowest BCUT2D eigenvalue weighted by Crippen LogP contribution is -2.74. The van der Waals surface area contributed by atoms with Crippen molar-refractivity contribution >= 4 is 50.9 Å². The van der Waals surface area contributed by atoms with Gasteiger partial charge in [-0.25, -0.2) is 4.98 Å². The Balaban J connectivity index is 0.827. The fourth-order valence-electron chi connectivity index (χ4n) is 10.0. The van der Waals surface area contributed by atoms with Gasteiger partial charge in [-0.2, -0.15) is 5.26 Å². The smallest absolute Gasteiger partial charge is 0.251 e. The van der Waals surface area contributed by atoms with Gasteiger partial charge in [0.15, 0.2) is 0 Å². The molecule has 69 heavy (non-hydrogen) atoms. The number of thiazole rings is 1. The fourth-order valence-corrected chi connectivity index (χ4v) is 11.3. The Morgan fingerprint density at radius 3 is 2.30 bits per heavy atom. The lowest BCUT2D eigenvalue weighted by atomic mass is 9.49. The van der Waals surface area contributed by atoms with Gasteiger partial charge >= 0.3 is 0 Å². The molecule has 3 fully saturated rings. The topological polar surface area (TPSA) is 183 Å². The number of nitriles is 1. The molecule has 0 radical (unpaired) electrons. The van der Waals surface area contributed by atoms with E-state index in [-0.39, 0.29) is 54.4 Å². The predicted octanol–water partition coefficient (Wildman–Crippen LogP) is 8.20. The minimum absolute atomic E-state index is 0.00515. The Kier molecular flexibility index (Phi) is 15.5. The molecule has 13 nitrogen and oxygen atoms in total. The van der Waals surface area contributed by atoms with Gasteiger partial charge in [0.25, 0.3) is 5.91 Å². The number of rotatable bonds is 16. The number of unbranched alkanes of at least 4 members (excludes halogenated alkanes) is 2. The van der Waals surface area contributed by atoms with Gasteiger partial charge in [-0.05, 0) is 108 Å². The molecule has 2 aliphatic carbocycles. The van der Waals surface area contributed by atoms with Crippen LogP contribution >= 0.6 is 27.3 Å². The molecule has 0 unspecified atom stereocenters. The second-order valence-corrected chi connectivity index (χ2v) is 22.6. The number of carbonyl (C=O) groups excluding carboxylic acids is 4. The molecule has 0 bridgehead atoms. The van der Waals surface area contributed by atoms with Crippen LogP contribution in [-0.4, -0.2) is 88.7 Å². The number of aliphatic hydroxyl groups excluding tert-OH is 1. The number of likely N-dealkylation sites (tertiary alicyclic amines) is 1. The minimum Gasteiger partial charge on any atom is -0.489 e. The van der Waals surface area contributed by atoms with Gasteiger partial charge < -0.3 is 35.4 Å². The zero-order chi connectivity index (χ0) is 49.9. The second-order valence-electron chi connectivity index (χ2n) is 20.9. The molecule has 1 aliphatic heterocycles. The highest BCUT2D eigenvalue weighted by Gasteiger charge is 2.64. The summed E-state index contributed by atoms with van der Waals surface area (Å²) in [5.41, 5.74) is 4.79. The molecular formula is C54H63BrN6O7S. The van der Waals surface area contributed by atoms with Crippen LogP contribution in [0, 0.1) is 46.3 Å². The number of amides is 4. The number of β-amino-alcohol motifs (C(OH)–C–C–N with tert-alkyl or cyclic N) is 1. The molecule has 2 heterocycles. The van der Waals surface area contributed by atoms with E-state index >= 15 is 0 Å². The van der Waals surface area contributed by atoms with Crippen LogP contribution in [0.5, 0.6) is 5.75 Å². The van der Waals surface area contributed by atoms with Crippen molar-refractivity contribution in [2.75, 3.05) is 19.8 Å². The summed E-state index contributed by atoms with van der Waals surface area (Å²) in [4.78, 5) is 61.4. The molecule has 4 aromatic rings. The first-order valence-electron chi connectivity index (χ1n) is 23.6. The van der Waals surface area contributed by atoms with Crippen LogP contribution in [-0.2, 0) is 24.7 Å². The van der Waals surface area contributed by atoms with Gasteiger partial charge in [0.05, 0.1) is 33.3 Å². The van der Waals surface area contributed by atoms with Gasteiger partial charge in [-0.15, -0.1) is 11.3 Å². The third kappa shape index (κ3) is 11.6. The number of nitrogens with zero attached hydrogens (tertiary/aromatic N) is 3. The Bertz CT molecular complexity index is 2640. The number of hydrogen-bond acceptors (Lipinski definition) is 10. The number of aryl methyl sites for hydroxylation is 1. The summed E-state index contributed by atoms with van der Waals surface area (Å²) in [7, 11) is 0. The van der Waals surface area contributed by atoms with E-state index in [1.54, 1.807) is 41.7 Å². The Morgan fingerprint density at radius 1 is 1.00 bits per heavy atom. The van der Waals surface area contributed by atoms with Crippen molar-refractivity contribution in [3.8, 4) is 34.1 Å². The first-order valence-corrected chi connectivity index (χ1v) is 25.3. The molecule has 1 aromatic heterocycles. The molecule has 4 N–H and O–H groups in total. The van der Waals surface area contributed by atoms with Crippen molar-refractivity contribution in [3.63, 3.8) is 0 Å². The molecule has 4 amide bonds. The summed E-state index contributed by atoms with van der Waals surface area (Å²) in [5.74, 6) is 5.64. The van der Waals surface area contributed by atoms with Gasteiger partial charge in [-0.3, -0.25) is 19.2 Å². The zero-order valence-electron chi connectivity index (χ0n) is 40.7. The van der Waals surface area contributed by atoms with Crippen LogP contribution in [0.4, 0.5) is 0 Å². The largest absolute Gasteiger partial charge is 0.489 e. The number of aromatic nitrogens is 1. The fraction of sp³-hybridized carbons (Fsp3) is 0.481. The van der Waals surface area contributed by atoms with Crippen molar-refractivity contribution in [1.29, 1.82) is 5.26 Å².